The predicted molar refractivity (Wildman–Crippen MR) is 99.3 cm³/mol. The molecule has 2 fully saturated rings. The van der Waals surface area contributed by atoms with E-state index in [1.807, 2.05) is 4.90 Å². The van der Waals surface area contributed by atoms with Crippen molar-refractivity contribution in [1.82, 2.24) is 9.29 Å². The molecule has 150 valence electrons. The van der Waals surface area contributed by atoms with Crippen LogP contribution in [-0.4, -0.2) is 57.1 Å². The average Bonchev–Trinajstić information content (AvgIpc) is 3.33. The fraction of sp³-hybridized carbons (Fsp3) is 0.556. The first kappa shape index (κ1) is 19.0. The maximum absolute atomic E-state index is 12.9. The number of furan rings is 1. The molecule has 0 radical (unpaired) electrons. The number of piperidine rings is 1. The summed E-state index contributed by atoms with van der Waals surface area (Å²) in [6.07, 6.45) is 3.21. The minimum atomic E-state index is -3.69. The van der Waals surface area contributed by atoms with Crippen molar-refractivity contribution in [2.24, 2.45) is 0 Å². The molecule has 9 nitrogen and oxygen atoms in total. The molecule has 2 aliphatic rings. The van der Waals surface area contributed by atoms with E-state index in [-0.39, 0.29) is 28.0 Å². The number of rotatable bonds is 4. The smallest absolute Gasteiger partial charge is 0.266 e. The van der Waals surface area contributed by atoms with E-state index in [0.29, 0.717) is 32.2 Å². The monoisotopic (exact) mass is 406 g/mol. The number of nitrogens with zero attached hydrogens (tertiary/aromatic N) is 4. The summed E-state index contributed by atoms with van der Waals surface area (Å²) in [6.45, 7) is 4.55. The summed E-state index contributed by atoms with van der Waals surface area (Å²) in [5.74, 6) is 0.995. The minimum absolute atomic E-state index is 0.0839. The molecule has 4 rings (SSSR count). The lowest BCUT2D eigenvalue weighted by atomic mass is 10.1. The molecule has 2 aliphatic heterocycles. The zero-order valence-electron chi connectivity index (χ0n) is 15.7. The Hall–Kier alpha value is -2.35. The van der Waals surface area contributed by atoms with E-state index >= 15 is 0 Å². The van der Waals surface area contributed by atoms with E-state index in [2.05, 4.69) is 11.1 Å². The number of oxazole rings is 1. The van der Waals surface area contributed by atoms with Gasteiger partial charge < -0.3 is 18.5 Å². The SMILES string of the molecule is Cc1oc(-c2nc(C#N)c(N3CCCCC3)o2)cc1S(=O)(=O)N1CCOCC1. The van der Waals surface area contributed by atoms with Gasteiger partial charge in [-0.1, -0.05) is 0 Å². The van der Waals surface area contributed by atoms with E-state index in [4.69, 9.17) is 13.6 Å². The summed E-state index contributed by atoms with van der Waals surface area (Å²) in [6, 6.07) is 3.48. The van der Waals surface area contributed by atoms with Gasteiger partial charge in [0, 0.05) is 32.2 Å². The summed E-state index contributed by atoms with van der Waals surface area (Å²) in [4.78, 5) is 6.32. The summed E-state index contributed by atoms with van der Waals surface area (Å²) in [7, 11) is -3.69. The lowest BCUT2D eigenvalue weighted by Crippen LogP contribution is -2.40. The van der Waals surface area contributed by atoms with Gasteiger partial charge in [-0.15, -0.1) is 0 Å². The molecule has 0 spiro atoms. The van der Waals surface area contributed by atoms with Crippen molar-refractivity contribution in [3.63, 3.8) is 0 Å². The Bertz CT molecular complexity index is 992. The van der Waals surface area contributed by atoms with Crippen LogP contribution < -0.4 is 4.90 Å². The van der Waals surface area contributed by atoms with Gasteiger partial charge in [0.2, 0.25) is 21.6 Å². The molecular formula is C18H22N4O5S. The second-order valence-electron chi connectivity index (χ2n) is 6.88. The maximum atomic E-state index is 12.9. The number of anilines is 1. The van der Waals surface area contributed by atoms with Crippen LogP contribution in [0, 0.1) is 18.3 Å². The van der Waals surface area contributed by atoms with Crippen molar-refractivity contribution in [3.8, 4) is 17.7 Å². The highest BCUT2D eigenvalue weighted by Crippen LogP contribution is 2.34. The molecule has 0 bridgehead atoms. The summed E-state index contributed by atoms with van der Waals surface area (Å²) >= 11 is 0. The fourth-order valence-electron chi connectivity index (χ4n) is 3.55. The van der Waals surface area contributed by atoms with Gasteiger partial charge in [0.05, 0.1) is 13.2 Å². The third-order valence-corrected chi connectivity index (χ3v) is 7.04. The van der Waals surface area contributed by atoms with Crippen LogP contribution in [0.25, 0.3) is 11.7 Å². The quantitative estimate of drug-likeness (QED) is 0.759. The van der Waals surface area contributed by atoms with E-state index in [1.165, 1.54) is 10.4 Å². The van der Waals surface area contributed by atoms with Crippen molar-refractivity contribution in [2.45, 2.75) is 31.1 Å². The normalized spacial score (nSPS) is 18.9. The second-order valence-corrected chi connectivity index (χ2v) is 8.79. The third-order valence-electron chi connectivity index (χ3n) is 5.03. The van der Waals surface area contributed by atoms with Crippen LogP contribution in [-0.2, 0) is 14.8 Å². The summed E-state index contributed by atoms with van der Waals surface area (Å²) < 4.78 is 44.0. The molecule has 2 aromatic heterocycles. The number of aromatic nitrogens is 1. The highest BCUT2D eigenvalue weighted by molar-refractivity contribution is 7.89. The maximum Gasteiger partial charge on any atom is 0.266 e. The second kappa shape index (κ2) is 7.58. The van der Waals surface area contributed by atoms with Crippen LogP contribution >= 0.6 is 0 Å². The molecule has 0 aliphatic carbocycles. The van der Waals surface area contributed by atoms with Crippen LogP contribution in [0.5, 0.6) is 0 Å². The van der Waals surface area contributed by atoms with Crippen molar-refractivity contribution >= 4 is 15.9 Å². The Morgan fingerprint density at radius 2 is 1.82 bits per heavy atom. The zero-order valence-corrected chi connectivity index (χ0v) is 16.5. The highest BCUT2D eigenvalue weighted by Gasteiger charge is 2.32. The molecule has 4 heterocycles. The molecule has 0 unspecified atom stereocenters. The summed E-state index contributed by atoms with van der Waals surface area (Å²) in [5.41, 5.74) is 0.184. The van der Waals surface area contributed by atoms with Gasteiger partial charge in [-0.3, -0.25) is 0 Å². The first-order valence-corrected chi connectivity index (χ1v) is 10.8. The van der Waals surface area contributed by atoms with Gasteiger partial charge in [0.25, 0.3) is 5.89 Å². The van der Waals surface area contributed by atoms with Crippen LogP contribution in [0.3, 0.4) is 0 Å². The predicted octanol–water partition coefficient (Wildman–Crippen LogP) is 2.13. The standard InChI is InChI=1S/C18H22N4O5S/c1-13-16(28(23,24)22-7-9-25-10-8-22)11-15(26-13)17-20-14(12-19)18(27-17)21-5-3-2-4-6-21/h11H,2-10H2,1H3. The first-order valence-electron chi connectivity index (χ1n) is 9.35. The molecule has 2 saturated heterocycles. The van der Waals surface area contributed by atoms with Crippen LogP contribution in [0.1, 0.15) is 30.7 Å². The average molecular weight is 406 g/mol. The number of nitriles is 1. The molecule has 0 N–H and O–H groups in total. The number of morpholine rings is 1. The van der Waals surface area contributed by atoms with E-state index in [9.17, 15) is 13.7 Å². The largest absolute Gasteiger partial charge is 0.455 e. The Balaban J connectivity index is 1.67. The van der Waals surface area contributed by atoms with Gasteiger partial charge in [-0.25, -0.2) is 8.42 Å². The molecule has 10 heteroatoms. The van der Waals surface area contributed by atoms with Crippen molar-refractivity contribution < 1.29 is 22.0 Å². The zero-order chi connectivity index (χ0) is 19.7. The Morgan fingerprint density at radius 3 is 2.50 bits per heavy atom. The fourth-order valence-corrected chi connectivity index (χ4v) is 5.12. The van der Waals surface area contributed by atoms with Crippen LogP contribution in [0.4, 0.5) is 5.88 Å². The number of ether oxygens (including phenoxy) is 1. The molecular weight excluding hydrogens is 384 g/mol. The number of sulfonamides is 1. The number of hydrogen-bond donors (Lipinski definition) is 0. The van der Waals surface area contributed by atoms with Crippen LogP contribution in [0.15, 0.2) is 19.8 Å². The molecule has 0 amide bonds. The van der Waals surface area contributed by atoms with Crippen molar-refractivity contribution in [3.05, 3.63) is 17.5 Å². The van der Waals surface area contributed by atoms with Gasteiger partial charge in [0.1, 0.15) is 16.7 Å². The van der Waals surface area contributed by atoms with E-state index in [1.54, 1.807) is 6.92 Å². The van der Waals surface area contributed by atoms with E-state index < -0.39 is 10.0 Å². The molecule has 2 aromatic rings. The van der Waals surface area contributed by atoms with Gasteiger partial charge in [-0.05, 0) is 26.2 Å². The lowest BCUT2D eigenvalue weighted by molar-refractivity contribution is 0.0730. The van der Waals surface area contributed by atoms with Gasteiger partial charge >= 0.3 is 0 Å². The third kappa shape index (κ3) is 3.41. The van der Waals surface area contributed by atoms with Crippen molar-refractivity contribution in [1.29, 1.82) is 5.26 Å². The van der Waals surface area contributed by atoms with Crippen LogP contribution in [0.2, 0.25) is 0 Å². The summed E-state index contributed by atoms with van der Waals surface area (Å²) in [5, 5.41) is 9.42. The molecule has 0 aromatic carbocycles. The lowest BCUT2D eigenvalue weighted by Gasteiger charge is -2.25. The number of aryl methyl sites for hydroxylation is 1. The molecule has 0 saturated carbocycles. The Labute approximate surface area is 163 Å². The van der Waals surface area contributed by atoms with Crippen molar-refractivity contribution in [2.75, 3.05) is 44.3 Å². The topological polar surface area (TPSA) is 113 Å². The Morgan fingerprint density at radius 1 is 1.11 bits per heavy atom. The minimum Gasteiger partial charge on any atom is -0.455 e. The highest BCUT2D eigenvalue weighted by atomic mass is 32.2. The Kier molecular flexibility index (Phi) is 5.14. The van der Waals surface area contributed by atoms with Gasteiger partial charge in [0.15, 0.2) is 5.76 Å². The first-order chi connectivity index (χ1) is 13.5. The number of hydrogen-bond acceptors (Lipinski definition) is 8. The van der Waals surface area contributed by atoms with E-state index in [0.717, 1.165) is 32.4 Å². The van der Waals surface area contributed by atoms with Gasteiger partial charge in [-0.2, -0.15) is 14.6 Å². The molecule has 0 atom stereocenters. The molecule has 28 heavy (non-hydrogen) atoms.